The minimum atomic E-state index is -3.83. The molecule has 0 saturated carbocycles. The summed E-state index contributed by atoms with van der Waals surface area (Å²) >= 11 is 0. The average molecular weight is 349 g/mol. The van der Waals surface area contributed by atoms with Crippen LogP contribution in [0.4, 0.5) is 0 Å². The van der Waals surface area contributed by atoms with Gasteiger partial charge in [0.25, 0.3) is 0 Å². The lowest BCUT2D eigenvalue weighted by atomic mass is 10.1. The van der Waals surface area contributed by atoms with Crippen molar-refractivity contribution < 1.29 is 27.5 Å². The van der Waals surface area contributed by atoms with Gasteiger partial charge in [-0.2, -0.15) is 0 Å². The molecule has 0 amide bonds. The average Bonchev–Trinajstić information content (AvgIpc) is 2.58. The molecule has 126 valence electrons. The Balaban J connectivity index is 2.04. The molecule has 0 aromatic heterocycles. The fourth-order valence-corrected chi connectivity index (χ4v) is 2.46. The molecule has 0 aliphatic heterocycles. The molecule has 2 aromatic rings. The van der Waals surface area contributed by atoms with Crippen LogP contribution in [-0.4, -0.2) is 33.9 Å². The van der Waals surface area contributed by atoms with Gasteiger partial charge in [-0.1, -0.05) is 12.1 Å². The Hall–Kier alpha value is -2.71. The van der Waals surface area contributed by atoms with Gasteiger partial charge in [-0.15, -0.1) is 0 Å². The van der Waals surface area contributed by atoms with Crippen LogP contribution in [0.15, 0.2) is 53.4 Å². The topological polar surface area (TPSA) is 113 Å². The monoisotopic (exact) mass is 349 g/mol. The van der Waals surface area contributed by atoms with E-state index in [1.54, 1.807) is 24.3 Å². The highest BCUT2D eigenvalue weighted by Gasteiger charge is 2.16. The number of para-hydroxylation sites is 1. The molecule has 24 heavy (non-hydrogen) atoms. The first-order valence-corrected chi connectivity index (χ1v) is 8.34. The second-order valence-corrected chi connectivity index (χ2v) is 6.33. The van der Waals surface area contributed by atoms with E-state index in [-0.39, 0.29) is 10.5 Å². The van der Waals surface area contributed by atoms with Gasteiger partial charge < -0.3 is 9.47 Å². The zero-order valence-electron chi connectivity index (χ0n) is 12.8. The highest BCUT2D eigenvalue weighted by molar-refractivity contribution is 7.89. The van der Waals surface area contributed by atoms with Gasteiger partial charge in [0, 0.05) is 0 Å². The van der Waals surface area contributed by atoms with Crippen LogP contribution in [0.25, 0.3) is 0 Å². The Morgan fingerprint density at radius 1 is 1.04 bits per heavy atom. The van der Waals surface area contributed by atoms with Crippen LogP contribution in [0, 0.1) is 0 Å². The third kappa shape index (κ3) is 4.18. The van der Waals surface area contributed by atoms with Gasteiger partial charge in [0.2, 0.25) is 15.8 Å². The Morgan fingerprint density at radius 2 is 1.67 bits per heavy atom. The van der Waals surface area contributed by atoms with Crippen molar-refractivity contribution in [2.24, 2.45) is 5.14 Å². The lowest BCUT2D eigenvalue weighted by Gasteiger charge is -2.08. The molecule has 2 N–H and O–H groups in total. The van der Waals surface area contributed by atoms with E-state index in [2.05, 4.69) is 0 Å². The van der Waals surface area contributed by atoms with Crippen LogP contribution in [0.1, 0.15) is 20.7 Å². The maximum Gasteiger partial charge on any atom is 0.338 e. The maximum absolute atomic E-state index is 12.1. The second kappa shape index (κ2) is 7.24. The Morgan fingerprint density at radius 3 is 2.25 bits per heavy atom. The van der Waals surface area contributed by atoms with E-state index in [4.69, 9.17) is 14.6 Å². The molecule has 0 aliphatic rings. The summed E-state index contributed by atoms with van der Waals surface area (Å²) in [5.74, 6) is -0.780. The van der Waals surface area contributed by atoms with E-state index in [9.17, 15) is 18.0 Å². The first kappa shape index (κ1) is 17.6. The number of primary sulfonamides is 1. The zero-order valence-corrected chi connectivity index (χ0v) is 13.6. The number of hydrogen-bond donors (Lipinski definition) is 1. The SMILES string of the molecule is COc1ccccc1C(=O)COC(=O)c1ccc(S(N)(=O)=O)cc1. The molecule has 0 spiro atoms. The molecule has 0 heterocycles. The molecule has 7 nitrogen and oxygen atoms in total. The highest BCUT2D eigenvalue weighted by atomic mass is 32.2. The predicted molar refractivity (Wildman–Crippen MR) is 85.4 cm³/mol. The number of ether oxygens (including phenoxy) is 2. The molecule has 0 unspecified atom stereocenters. The standard InChI is InChI=1S/C16H15NO6S/c1-22-15-5-3-2-4-13(15)14(18)10-23-16(19)11-6-8-12(9-7-11)24(17,20)21/h2-9H,10H2,1H3,(H2,17,20,21). The fraction of sp³-hybridized carbons (Fsp3) is 0.125. The number of ketones is 1. The Labute approximate surface area is 139 Å². The van der Waals surface area contributed by atoms with Gasteiger partial charge in [0.15, 0.2) is 6.61 Å². The molecule has 0 fully saturated rings. The van der Waals surface area contributed by atoms with Gasteiger partial charge in [-0.25, -0.2) is 18.4 Å². The summed E-state index contributed by atoms with van der Waals surface area (Å²) in [6.07, 6.45) is 0. The number of hydrogen-bond acceptors (Lipinski definition) is 6. The van der Waals surface area contributed by atoms with Crippen LogP contribution in [-0.2, 0) is 14.8 Å². The fourth-order valence-electron chi connectivity index (χ4n) is 1.95. The van der Waals surface area contributed by atoms with Gasteiger partial charge in [-0.05, 0) is 36.4 Å². The van der Waals surface area contributed by atoms with E-state index in [0.717, 1.165) is 0 Å². The molecule has 0 saturated heterocycles. The van der Waals surface area contributed by atoms with Crippen molar-refractivity contribution in [3.8, 4) is 5.75 Å². The van der Waals surface area contributed by atoms with Crippen LogP contribution in [0.3, 0.4) is 0 Å². The molecule has 0 radical (unpaired) electrons. The minimum Gasteiger partial charge on any atom is -0.496 e. The summed E-state index contributed by atoms with van der Waals surface area (Å²) in [5.41, 5.74) is 0.410. The number of rotatable bonds is 6. The van der Waals surface area contributed by atoms with Gasteiger partial charge in [-0.3, -0.25) is 4.79 Å². The molecule has 0 bridgehead atoms. The van der Waals surface area contributed by atoms with Crippen molar-refractivity contribution in [1.29, 1.82) is 0 Å². The third-order valence-electron chi connectivity index (χ3n) is 3.16. The summed E-state index contributed by atoms with van der Waals surface area (Å²) in [4.78, 5) is 23.9. The Bertz CT molecular complexity index is 858. The predicted octanol–water partition coefficient (Wildman–Crippen LogP) is 1.38. The smallest absolute Gasteiger partial charge is 0.338 e. The van der Waals surface area contributed by atoms with Crippen molar-refractivity contribution in [2.45, 2.75) is 4.90 Å². The van der Waals surface area contributed by atoms with E-state index >= 15 is 0 Å². The lowest BCUT2D eigenvalue weighted by molar-refractivity contribution is 0.0474. The van der Waals surface area contributed by atoms with E-state index in [0.29, 0.717) is 11.3 Å². The normalized spacial score (nSPS) is 10.9. The Kier molecular flexibility index (Phi) is 5.32. The van der Waals surface area contributed by atoms with Crippen molar-refractivity contribution in [1.82, 2.24) is 0 Å². The van der Waals surface area contributed by atoms with Crippen LogP contribution >= 0.6 is 0 Å². The quantitative estimate of drug-likeness (QED) is 0.623. The third-order valence-corrected chi connectivity index (χ3v) is 4.09. The second-order valence-electron chi connectivity index (χ2n) is 4.77. The number of Topliss-reactive ketones (excluding diaryl/α,β-unsaturated/α-hetero) is 1. The summed E-state index contributed by atoms with van der Waals surface area (Å²) in [5, 5.41) is 4.97. The van der Waals surface area contributed by atoms with Crippen molar-refractivity contribution in [3.63, 3.8) is 0 Å². The van der Waals surface area contributed by atoms with E-state index in [1.807, 2.05) is 0 Å². The first-order chi connectivity index (χ1) is 11.3. The van der Waals surface area contributed by atoms with E-state index < -0.39 is 28.4 Å². The largest absolute Gasteiger partial charge is 0.496 e. The molecular weight excluding hydrogens is 334 g/mol. The summed E-state index contributed by atoms with van der Waals surface area (Å²) in [6.45, 7) is -0.462. The maximum atomic E-state index is 12.1. The molecule has 2 aromatic carbocycles. The minimum absolute atomic E-state index is 0.107. The first-order valence-electron chi connectivity index (χ1n) is 6.79. The molecular formula is C16H15NO6S. The number of carbonyl (C=O) groups excluding carboxylic acids is 2. The van der Waals surface area contributed by atoms with Gasteiger partial charge in [0.1, 0.15) is 5.75 Å². The number of methoxy groups -OCH3 is 1. The number of sulfonamides is 1. The summed E-state index contributed by atoms with van der Waals surface area (Å²) < 4.78 is 32.3. The van der Waals surface area contributed by atoms with Crippen molar-refractivity contribution in [2.75, 3.05) is 13.7 Å². The molecule has 0 atom stereocenters. The van der Waals surface area contributed by atoms with Gasteiger partial charge in [0.05, 0.1) is 23.1 Å². The molecule has 0 aliphatic carbocycles. The zero-order chi connectivity index (χ0) is 17.7. The van der Waals surface area contributed by atoms with Crippen molar-refractivity contribution in [3.05, 3.63) is 59.7 Å². The molecule has 2 rings (SSSR count). The highest BCUT2D eigenvalue weighted by Crippen LogP contribution is 2.18. The van der Waals surface area contributed by atoms with Crippen molar-refractivity contribution >= 4 is 21.8 Å². The van der Waals surface area contributed by atoms with Gasteiger partial charge >= 0.3 is 5.97 Å². The summed E-state index contributed by atoms with van der Waals surface area (Å²) in [7, 11) is -2.40. The summed E-state index contributed by atoms with van der Waals surface area (Å²) in [6, 6.07) is 11.5. The molecule has 8 heteroatoms. The number of carbonyl (C=O) groups is 2. The number of esters is 1. The lowest BCUT2D eigenvalue weighted by Crippen LogP contribution is -2.15. The van der Waals surface area contributed by atoms with Crippen LogP contribution in [0.2, 0.25) is 0 Å². The van der Waals surface area contributed by atoms with Crippen LogP contribution < -0.4 is 9.88 Å². The van der Waals surface area contributed by atoms with Crippen LogP contribution in [0.5, 0.6) is 5.75 Å². The number of benzene rings is 2. The van der Waals surface area contributed by atoms with E-state index in [1.165, 1.54) is 31.4 Å². The number of nitrogens with two attached hydrogens (primary N) is 1.